The summed E-state index contributed by atoms with van der Waals surface area (Å²) < 4.78 is 28.1. The Kier molecular flexibility index (Phi) is 2.56. The molecular formula is C10H20O3SSi. The Bertz CT molecular complexity index is 349. The van der Waals surface area contributed by atoms with Gasteiger partial charge in [0.25, 0.3) is 10.1 Å². The summed E-state index contributed by atoms with van der Waals surface area (Å²) in [4.78, 5) is 0. The first-order valence-electron chi connectivity index (χ1n) is 5.70. The molecular weight excluding hydrogens is 228 g/mol. The summed E-state index contributed by atoms with van der Waals surface area (Å²) in [6.45, 7) is 6.80. The monoisotopic (exact) mass is 248 g/mol. The lowest BCUT2D eigenvalue weighted by atomic mass is 10.0. The molecule has 2 fully saturated rings. The van der Waals surface area contributed by atoms with Crippen LogP contribution in [-0.4, -0.2) is 27.3 Å². The van der Waals surface area contributed by atoms with Gasteiger partial charge in [0.05, 0.1) is 6.10 Å². The average Bonchev–Trinajstić information content (AvgIpc) is 2.49. The van der Waals surface area contributed by atoms with Crippen LogP contribution in [0.4, 0.5) is 0 Å². The Hall–Kier alpha value is 0.127. The first-order valence-corrected chi connectivity index (χ1v) is 10.8. The van der Waals surface area contributed by atoms with Crippen molar-refractivity contribution in [2.24, 2.45) is 0 Å². The van der Waals surface area contributed by atoms with Crippen molar-refractivity contribution in [3.8, 4) is 0 Å². The van der Waals surface area contributed by atoms with Crippen molar-refractivity contribution >= 4 is 18.2 Å². The fraction of sp³-hybridized carbons (Fsp3) is 1.00. The SMILES string of the molecule is C[Si](C)(C)CC1OS(=O)(=O)C12CCCC2. The second-order valence-corrected chi connectivity index (χ2v) is 13.5. The van der Waals surface area contributed by atoms with Crippen LogP contribution in [0.3, 0.4) is 0 Å². The van der Waals surface area contributed by atoms with E-state index in [1.165, 1.54) is 0 Å². The predicted molar refractivity (Wildman–Crippen MR) is 63.1 cm³/mol. The van der Waals surface area contributed by atoms with Crippen molar-refractivity contribution in [3.63, 3.8) is 0 Å². The van der Waals surface area contributed by atoms with Gasteiger partial charge in [-0.05, 0) is 18.9 Å². The number of hydrogen-bond acceptors (Lipinski definition) is 3. The smallest absolute Gasteiger partial charge is 0.265 e. The molecule has 0 aromatic carbocycles. The van der Waals surface area contributed by atoms with Crippen LogP contribution in [0.15, 0.2) is 0 Å². The molecule has 1 spiro atoms. The molecule has 0 bridgehead atoms. The molecule has 2 aliphatic rings. The molecule has 15 heavy (non-hydrogen) atoms. The Morgan fingerprint density at radius 1 is 1.27 bits per heavy atom. The highest BCUT2D eigenvalue weighted by molar-refractivity contribution is 7.89. The van der Waals surface area contributed by atoms with Crippen LogP contribution in [0.25, 0.3) is 0 Å². The van der Waals surface area contributed by atoms with Gasteiger partial charge in [0.15, 0.2) is 0 Å². The summed E-state index contributed by atoms with van der Waals surface area (Å²) in [5, 5.41) is 0. The molecule has 0 N–H and O–H groups in total. The van der Waals surface area contributed by atoms with E-state index in [1.807, 2.05) is 0 Å². The van der Waals surface area contributed by atoms with Crippen molar-refractivity contribution in [2.45, 2.75) is 62.2 Å². The van der Waals surface area contributed by atoms with Gasteiger partial charge in [-0.1, -0.05) is 32.5 Å². The van der Waals surface area contributed by atoms with Gasteiger partial charge in [0, 0.05) is 8.07 Å². The summed E-state index contributed by atoms with van der Waals surface area (Å²) in [5.41, 5.74) is 0. The van der Waals surface area contributed by atoms with Crippen LogP contribution < -0.4 is 0 Å². The van der Waals surface area contributed by atoms with E-state index < -0.39 is 22.9 Å². The van der Waals surface area contributed by atoms with Gasteiger partial charge in [-0.2, -0.15) is 8.42 Å². The lowest BCUT2D eigenvalue weighted by Gasteiger charge is -2.46. The largest absolute Gasteiger partial charge is 0.276 e. The molecule has 1 aliphatic heterocycles. The van der Waals surface area contributed by atoms with Crippen LogP contribution in [0.2, 0.25) is 25.7 Å². The van der Waals surface area contributed by atoms with Crippen molar-refractivity contribution in [3.05, 3.63) is 0 Å². The van der Waals surface area contributed by atoms with E-state index >= 15 is 0 Å². The van der Waals surface area contributed by atoms with Crippen molar-refractivity contribution in [2.75, 3.05) is 0 Å². The molecule has 0 aromatic rings. The van der Waals surface area contributed by atoms with Crippen LogP contribution in [0.1, 0.15) is 25.7 Å². The van der Waals surface area contributed by atoms with E-state index in [1.54, 1.807) is 0 Å². The molecule has 1 unspecified atom stereocenters. The van der Waals surface area contributed by atoms with Gasteiger partial charge in [0.1, 0.15) is 4.75 Å². The third-order valence-electron chi connectivity index (χ3n) is 3.58. The highest BCUT2D eigenvalue weighted by Crippen LogP contribution is 2.51. The van der Waals surface area contributed by atoms with Crippen molar-refractivity contribution in [1.82, 2.24) is 0 Å². The van der Waals surface area contributed by atoms with E-state index in [9.17, 15) is 8.42 Å². The summed E-state index contributed by atoms with van der Waals surface area (Å²) in [6, 6.07) is 0.978. The molecule has 1 saturated heterocycles. The summed E-state index contributed by atoms with van der Waals surface area (Å²) in [7, 11) is -4.46. The lowest BCUT2D eigenvalue weighted by Crippen LogP contribution is -2.61. The van der Waals surface area contributed by atoms with E-state index in [0.29, 0.717) is 0 Å². The minimum absolute atomic E-state index is 0.00309. The molecule has 1 saturated carbocycles. The molecule has 0 aromatic heterocycles. The maximum Gasteiger partial charge on any atom is 0.276 e. The summed E-state index contributed by atoms with van der Waals surface area (Å²) in [6.07, 6.45) is 3.74. The van der Waals surface area contributed by atoms with E-state index in [0.717, 1.165) is 31.7 Å². The Labute approximate surface area is 93.3 Å². The number of hydrogen-bond donors (Lipinski definition) is 0. The Morgan fingerprint density at radius 3 is 2.20 bits per heavy atom. The average molecular weight is 248 g/mol. The van der Waals surface area contributed by atoms with E-state index in [-0.39, 0.29) is 6.10 Å². The zero-order valence-electron chi connectivity index (χ0n) is 9.75. The van der Waals surface area contributed by atoms with Crippen LogP contribution >= 0.6 is 0 Å². The predicted octanol–water partition coefficient (Wildman–Crippen LogP) is 2.37. The zero-order chi connectivity index (χ0) is 11.3. The second-order valence-electron chi connectivity index (χ2n) is 6.08. The first-order chi connectivity index (χ1) is 6.77. The Morgan fingerprint density at radius 2 is 1.80 bits per heavy atom. The molecule has 0 amide bonds. The molecule has 1 heterocycles. The third-order valence-corrected chi connectivity index (χ3v) is 7.32. The van der Waals surface area contributed by atoms with Crippen LogP contribution in [0.5, 0.6) is 0 Å². The maximum absolute atomic E-state index is 11.7. The molecule has 88 valence electrons. The maximum atomic E-state index is 11.7. The van der Waals surface area contributed by atoms with Gasteiger partial charge in [-0.15, -0.1) is 0 Å². The van der Waals surface area contributed by atoms with Gasteiger partial charge < -0.3 is 0 Å². The molecule has 1 aliphatic carbocycles. The van der Waals surface area contributed by atoms with Crippen LogP contribution in [0, 0.1) is 0 Å². The van der Waals surface area contributed by atoms with Crippen molar-refractivity contribution in [1.29, 1.82) is 0 Å². The fourth-order valence-corrected chi connectivity index (χ4v) is 6.48. The van der Waals surface area contributed by atoms with Crippen LogP contribution in [-0.2, 0) is 14.3 Å². The molecule has 5 heteroatoms. The molecule has 3 nitrogen and oxygen atoms in total. The quantitative estimate of drug-likeness (QED) is 0.556. The lowest BCUT2D eigenvalue weighted by molar-refractivity contribution is 0.0971. The van der Waals surface area contributed by atoms with E-state index in [4.69, 9.17) is 4.18 Å². The summed E-state index contributed by atoms with van der Waals surface area (Å²) in [5.74, 6) is 0. The standard InChI is InChI=1S/C10H20O3SSi/c1-15(2,3)8-9-10(6-4-5-7-10)14(11,12)13-9/h9H,4-8H2,1-3H3. The minimum atomic E-state index is -3.22. The Balaban J connectivity index is 2.17. The second kappa shape index (κ2) is 3.31. The normalized spacial score (nSPS) is 32.9. The van der Waals surface area contributed by atoms with E-state index in [2.05, 4.69) is 19.6 Å². The summed E-state index contributed by atoms with van der Waals surface area (Å²) >= 11 is 0. The van der Waals surface area contributed by atoms with Gasteiger partial charge in [-0.3, -0.25) is 4.18 Å². The fourth-order valence-electron chi connectivity index (χ4n) is 2.78. The van der Waals surface area contributed by atoms with Gasteiger partial charge in [0.2, 0.25) is 0 Å². The molecule has 0 radical (unpaired) electrons. The number of rotatable bonds is 2. The molecule has 2 rings (SSSR count). The van der Waals surface area contributed by atoms with Crippen molar-refractivity contribution < 1.29 is 12.6 Å². The highest BCUT2D eigenvalue weighted by atomic mass is 32.2. The molecule has 1 atom stereocenters. The van der Waals surface area contributed by atoms with Gasteiger partial charge >= 0.3 is 0 Å². The van der Waals surface area contributed by atoms with Gasteiger partial charge in [-0.25, -0.2) is 0 Å². The zero-order valence-corrected chi connectivity index (χ0v) is 11.6. The minimum Gasteiger partial charge on any atom is -0.265 e. The highest BCUT2D eigenvalue weighted by Gasteiger charge is 2.63. The first kappa shape index (κ1) is 11.6. The third kappa shape index (κ3) is 1.78. The topological polar surface area (TPSA) is 43.4 Å².